The van der Waals surface area contributed by atoms with Gasteiger partial charge >= 0.3 is 0 Å². The van der Waals surface area contributed by atoms with Crippen LogP contribution in [0.1, 0.15) is 33.6 Å². The zero-order chi connectivity index (χ0) is 9.40. The first-order valence-electron chi connectivity index (χ1n) is 4.60. The van der Waals surface area contributed by atoms with Gasteiger partial charge in [0.05, 0.1) is 0 Å². The second-order valence-corrected chi connectivity index (χ2v) is 3.43. The predicted molar refractivity (Wildman–Crippen MR) is 56.3 cm³/mol. The molecule has 0 bridgehead atoms. The summed E-state index contributed by atoms with van der Waals surface area (Å²) in [6, 6.07) is 0. The van der Waals surface area contributed by atoms with E-state index in [1.165, 1.54) is 24.0 Å². The molecule has 0 rings (SSSR count). The van der Waals surface area contributed by atoms with Crippen LogP contribution in [0.15, 0.2) is 23.3 Å². The number of hydrogen-bond donors (Lipinski definition) is 1. The van der Waals surface area contributed by atoms with Gasteiger partial charge < -0.3 is 5.32 Å². The number of hydrogen-bond acceptors (Lipinski definition) is 1. The maximum Gasteiger partial charge on any atom is 0.0134 e. The quantitative estimate of drug-likeness (QED) is 0.621. The van der Waals surface area contributed by atoms with E-state index in [0.717, 1.165) is 6.54 Å². The number of rotatable bonds is 5. The Labute approximate surface area is 76.6 Å². The van der Waals surface area contributed by atoms with Gasteiger partial charge in [-0.15, -0.1) is 0 Å². The molecule has 12 heavy (non-hydrogen) atoms. The molecular weight excluding hydrogens is 146 g/mol. The molecule has 0 unspecified atom stereocenters. The van der Waals surface area contributed by atoms with Crippen LogP contribution in [0.2, 0.25) is 0 Å². The maximum absolute atomic E-state index is 3.11. The van der Waals surface area contributed by atoms with Crippen LogP contribution in [-0.2, 0) is 0 Å². The monoisotopic (exact) mass is 167 g/mol. The van der Waals surface area contributed by atoms with Crippen molar-refractivity contribution in [3.05, 3.63) is 23.3 Å². The lowest BCUT2D eigenvalue weighted by molar-refractivity contribution is 0.890. The summed E-state index contributed by atoms with van der Waals surface area (Å²) < 4.78 is 0. The molecule has 0 atom stereocenters. The van der Waals surface area contributed by atoms with Crippen LogP contribution in [0.5, 0.6) is 0 Å². The SMILES string of the molecule is CNC/C=C(\C)CCC=C(C)C. The van der Waals surface area contributed by atoms with Crippen LogP contribution in [-0.4, -0.2) is 13.6 Å². The summed E-state index contributed by atoms with van der Waals surface area (Å²) in [7, 11) is 1.97. The highest BCUT2D eigenvalue weighted by atomic mass is 14.8. The first-order valence-corrected chi connectivity index (χ1v) is 4.60. The van der Waals surface area contributed by atoms with Gasteiger partial charge in [0.15, 0.2) is 0 Å². The molecule has 0 saturated carbocycles. The number of nitrogens with one attached hydrogen (secondary N) is 1. The molecule has 0 fully saturated rings. The van der Waals surface area contributed by atoms with Crippen LogP contribution in [0.25, 0.3) is 0 Å². The largest absolute Gasteiger partial charge is 0.316 e. The van der Waals surface area contributed by atoms with Crippen molar-refractivity contribution in [3.63, 3.8) is 0 Å². The normalized spacial score (nSPS) is 11.5. The minimum absolute atomic E-state index is 0.987. The lowest BCUT2D eigenvalue weighted by atomic mass is 10.1. The molecule has 0 aliphatic heterocycles. The Hall–Kier alpha value is -0.560. The fourth-order valence-corrected chi connectivity index (χ4v) is 0.967. The summed E-state index contributed by atoms with van der Waals surface area (Å²) in [5, 5.41) is 3.11. The third kappa shape index (κ3) is 7.55. The van der Waals surface area contributed by atoms with Gasteiger partial charge in [0, 0.05) is 6.54 Å². The van der Waals surface area contributed by atoms with Gasteiger partial charge in [-0.25, -0.2) is 0 Å². The minimum Gasteiger partial charge on any atom is -0.316 e. The van der Waals surface area contributed by atoms with E-state index < -0.39 is 0 Å². The van der Waals surface area contributed by atoms with Gasteiger partial charge in [0.2, 0.25) is 0 Å². The highest BCUT2D eigenvalue weighted by molar-refractivity contribution is 5.02. The van der Waals surface area contributed by atoms with E-state index in [9.17, 15) is 0 Å². The van der Waals surface area contributed by atoms with Crippen LogP contribution >= 0.6 is 0 Å². The summed E-state index contributed by atoms with van der Waals surface area (Å²) >= 11 is 0. The van der Waals surface area contributed by atoms with E-state index in [1.54, 1.807) is 0 Å². The van der Waals surface area contributed by atoms with Crippen molar-refractivity contribution < 1.29 is 0 Å². The summed E-state index contributed by atoms with van der Waals surface area (Å²) in [4.78, 5) is 0. The third-order valence-corrected chi connectivity index (χ3v) is 1.75. The van der Waals surface area contributed by atoms with Crippen molar-refractivity contribution in [2.75, 3.05) is 13.6 Å². The molecule has 0 aromatic heterocycles. The Morgan fingerprint density at radius 1 is 1.17 bits per heavy atom. The molecule has 70 valence electrons. The molecule has 0 spiro atoms. The average Bonchev–Trinajstić information content (AvgIpc) is 2.00. The van der Waals surface area contributed by atoms with E-state index in [4.69, 9.17) is 0 Å². The van der Waals surface area contributed by atoms with E-state index in [0.29, 0.717) is 0 Å². The van der Waals surface area contributed by atoms with Crippen LogP contribution in [0, 0.1) is 0 Å². The van der Waals surface area contributed by atoms with E-state index in [1.807, 2.05) is 7.05 Å². The van der Waals surface area contributed by atoms with Crippen LogP contribution < -0.4 is 5.32 Å². The predicted octanol–water partition coefficient (Wildman–Crippen LogP) is 2.90. The van der Waals surface area contributed by atoms with Crippen molar-refractivity contribution in [2.45, 2.75) is 33.6 Å². The van der Waals surface area contributed by atoms with Gasteiger partial charge in [-0.3, -0.25) is 0 Å². The first kappa shape index (κ1) is 11.4. The fraction of sp³-hybridized carbons (Fsp3) is 0.636. The summed E-state index contributed by atoms with van der Waals surface area (Å²) in [6.07, 6.45) is 6.90. The maximum atomic E-state index is 3.11. The van der Waals surface area contributed by atoms with Crippen molar-refractivity contribution in [1.82, 2.24) is 5.32 Å². The Bertz CT molecular complexity index is 162. The first-order chi connectivity index (χ1) is 5.66. The molecule has 0 amide bonds. The average molecular weight is 167 g/mol. The molecule has 0 saturated heterocycles. The third-order valence-electron chi connectivity index (χ3n) is 1.75. The zero-order valence-electron chi connectivity index (χ0n) is 8.78. The molecule has 0 aliphatic carbocycles. The second-order valence-electron chi connectivity index (χ2n) is 3.43. The molecular formula is C11H21N. The minimum atomic E-state index is 0.987. The van der Waals surface area contributed by atoms with Crippen LogP contribution in [0.3, 0.4) is 0 Å². The fourth-order valence-electron chi connectivity index (χ4n) is 0.967. The molecule has 0 heterocycles. The smallest absolute Gasteiger partial charge is 0.0134 e. The van der Waals surface area contributed by atoms with E-state index >= 15 is 0 Å². The molecule has 0 aliphatic rings. The lowest BCUT2D eigenvalue weighted by Crippen LogP contribution is -2.04. The highest BCUT2D eigenvalue weighted by Gasteiger charge is 1.87. The van der Waals surface area contributed by atoms with Crippen molar-refractivity contribution in [1.29, 1.82) is 0 Å². The lowest BCUT2D eigenvalue weighted by Gasteiger charge is -1.98. The molecule has 0 aromatic carbocycles. The Morgan fingerprint density at radius 3 is 2.33 bits per heavy atom. The van der Waals surface area contributed by atoms with E-state index in [-0.39, 0.29) is 0 Å². The summed E-state index contributed by atoms with van der Waals surface area (Å²) in [6.45, 7) is 7.47. The van der Waals surface area contributed by atoms with Gasteiger partial charge in [-0.05, 0) is 40.7 Å². The Balaban J connectivity index is 3.56. The second kappa shape index (κ2) is 7.11. The molecule has 1 heteroatoms. The topological polar surface area (TPSA) is 12.0 Å². The van der Waals surface area contributed by atoms with Crippen molar-refractivity contribution >= 4 is 0 Å². The molecule has 0 radical (unpaired) electrons. The zero-order valence-corrected chi connectivity index (χ0v) is 8.78. The van der Waals surface area contributed by atoms with Crippen molar-refractivity contribution in [2.24, 2.45) is 0 Å². The standard InChI is InChI=1S/C11H21N/c1-10(2)6-5-7-11(3)8-9-12-4/h6,8,12H,5,7,9H2,1-4H3/b11-8+. The van der Waals surface area contributed by atoms with Gasteiger partial charge in [-0.1, -0.05) is 23.3 Å². The van der Waals surface area contributed by atoms with Crippen LogP contribution in [0.4, 0.5) is 0 Å². The van der Waals surface area contributed by atoms with Gasteiger partial charge in [0.1, 0.15) is 0 Å². The van der Waals surface area contributed by atoms with Crippen molar-refractivity contribution in [3.8, 4) is 0 Å². The summed E-state index contributed by atoms with van der Waals surface area (Å²) in [5.74, 6) is 0. The molecule has 1 N–H and O–H groups in total. The Kier molecular flexibility index (Phi) is 6.78. The van der Waals surface area contributed by atoms with Gasteiger partial charge in [-0.2, -0.15) is 0 Å². The van der Waals surface area contributed by atoms with Gasteiger partial charge in [0.25, 0.3) is 0 Å². The highest BCUT2D eigenvalue weighted by Crippen LogP contribution is 2.05. The number of likely N-dealkylation sites (N-methyl/N-ethyl adjacent to an activating group) is 1. The molecule has 1 nitrogen and oxygen atoms in total. The molecule has 0 aromatic rings. The number of allylic oxidation sites excluding steroid dienone is 3. The summed E-state index contributed by atoms with van der Waals surface area (Å²) in [5.41, 5.74) is 2.89. The Morgan fingerprint density at radius 2 is 1.83 bits per heavy atom. The van der Waals surface area contributed by atoms with E-state index in [2.05, 4.69) is 38.2 Å².